The van der Waals surface area contributed by atoms with Gasteiger partial charge in [-0.15, -0.1) is 0 Å². The highest BCUT2D eigenvalue weighted by atomic mass is 16.5. The van der Waals surface area contributed by atoms with Gasteiger partial charge < -0.3 is 9.47 Å². The molecule has 0 aromatic heterocycles. The standard InChI is InChI=1S/C16H13NO3/c1-19-15-10-6-5-9-13(15)14(11-17)16(18)20-12-7-3-2-4-8-12/h2-10,14H,1H3. The minimum absolute atomic E-state index is 0.410. The topological polar surface area (TPSA) is 59.3 Å². The van der Waals surface area contributed by atoms with Crippen LogP contribution >= 0.6 is 0 Å². The van der Waals surface area contributed by atoms with Crippen LogP contribution in [0.2, 0.25) is 0 Å². The van der Waals surface area contributed by atoms with Crippen molar-refractivity contribution in [1.29, 1.82) is 5.26 Å². The number of para-hydroxylation sites is 2. The van der Waals surface area contributed by atoms with Crippen LogP contribution < -0.4 is 9.47 Å². The average Bonchev–Trinajstić information content (AvgIpc) is 2.49. The second-order valence-electron chi connectivity index (χ2n) is 4.04. The zero-order chi connectivity index (χ0) is 14.4. The number of hydrogen-bond donors (Lipinski definition) is 0. The first-order chi connectivity index (χ1) is 9.76. The van der Waals surface area contributed by atoms with E-state index in [2.05, 4.69) is 0 Å². The first kappa shape index (κ1) is 13.6. The molecule has 0 saturated heterocycles. The molecule has 0 amide bonds. The summed E-state index contributed by atoms with van der Waals surface area (Å²) in [4.78, 5) is 12.1. The summed E-state index contributed by atoms with van der Waals surface area (Å²) in [6, 6.07) is 17.5. The summed E-state index contributed by atoms with van der Waals surface area (Å²) in [6.45, 7) is 0. The Morgan fingerprint density at radius 3 is 2.40 bits per heavy atom. The Bertz CT molecular complexity index is 632. The molecule has 0 aliphatic rings. The van der Waals surface area contributed by atoms with Crippen molar-refractivity contribution in [3.8, 4) is 17.6 Å². The van der Waals surface area contributed by atoms with Crippen LogP contribution in [0, 0.1) is 11.3 Å². The van der Waals surface area contributed by atoms with E-state index in [1.165, 1.54) is 7.11 Å². The predicted molar refractivity (Wildman–Crippen MR) is 73.4 cm³/mol. The molecular weight excluding hydrogens is 254 g/mol. The Morgan fingerprint density at radius 2 is 1.75 bits per heavy atom. The molecule has 0 aliphatic heterocycles. The van der Waals surface area contributed by atoms with Gasteiger partial charge in [-0.2, -0.15) is 5.26 Å². The number of carbonyl (C=O) groups excluding carboxylic acids is 1. The third-order valence-corrected chi connectivity index (χ3v) is 2.78. The van der Waals surface area contributed by atoms with Crippen molar-refractivity contribution in [3.05, 3.63) is 60.2 Å². The number of carbonyl (C=O) groups is 1. The van der Waals surface area contributed by atoms with E-state index in [4.69, 9.17) is 9.47 Å². The summed E-state index contributed by atoms with van der Waals surface area (Å²) in [5.41, 5.74) is 0.499. The largest absolute Gasteiger partial charge is 0.496 e. The van der Waals surface area contributed by atoms with Crippen LogP contribution in [0.5, 0.6) is 11.5 Å². The zero-order valence-electron chi connectivity index (χ0n) is 10.9. The molecule has 2 aromatic rings. The summed E-state index contributed by atoms with van der Waals surface area (Å²) in [5, 5.41) is 9.24. The van der Waals surface area contributed by atoms with E-state index in [0.29, 0.717) is 17.1 Å². The fraction of sp³-hybridized carbons (Fsp3) is 0.125. The third-order valence-electron chi connectivity index (χ3n) is 2.78. The number of methoxy groups -OCH3 is 1. The van der Waals surface area contributed by atoms with Gasteiger partial charge in [-0.25, -0.2) is 4.79 Å². The molecule has 4 nitrogen and oxygen atoms in total. The second kappa shape index (κ2) is 6.39. The van der Waals surface area contributed by atoms with Crippen LogP contribution in [-0.4, -0.2) is 13.1 Å². The smallest absolute Gasteiger partial charge is 0.333 e. The quantitative estimate of drug-likeness (QED) is 0.631. The van der Waals surface area contributed by atoms with E-state index < -0.39 is 11.9 Å². The molecule has 0 aliphatic carbocycles. The number of esters is 1. The maximum Gasteiger partial charge on any atom is 0.333 e. The summed E-state index contributed by atoms with van der Waals surface area (Å²) >= 11 is 0. The molecule has 0 radical (unpaired) electrons. The minimum atomic E-state index is -1.02. The van der Waals surface area contributed by atoms with Crippen molar-refractivity contribution in [2.75, 3.05) is 7.11 Å². The van der Waals surface area contributed by atoms with Gasteiger partial charge in [-0.05, 0) is 18.2 Å². The van der Waals surface area contributed by atoms with Gasteiger partial charge in [-0.3, -0.25) is 0 Å². The van der Waals surface area contributed by atoms with Crippen LogP contribution in [0.3, 0.4) is 0 Å². The number of nitrogens with zero attached hydrogens (tertiary/aromatic N) is 1. The Morgan fingerprint density at radius 1 is 1.10 bits per heavy atom. The van der Waals surface area contributed by atoms with Crippen molar-refractivity contribution in [3.63, 3.8) is 0 Å². The number of nitriles is 1. The highest BCUT2D eigenvalue weighted by Crippen LogP contribution is 2.27. The highest BCUT2D eigenvalue weighted by molar-refractivity contribution is 5.84. The van der Waals surface area contributed by atoms with Gasteiger partial charge in [0.2, 0.25) is 0 Å². The molecule has 2 rings (SSSR count). The van der Waals surface area contributed by atoms with Crippen molar-refractivity contribution in [2.45, 2.75) is 5.92 Å². The van der Waals surface area contributed by atoms with Gasteiger partial charge in [0.1, 0.15) is 11.5 Å². The molecule has 2 aromatic carbocycles. The van der Waals surface area contributed by atoms with Crippen LogP contribution in [0.1, 0.15) is 11.5 Å². The zero-order valence-corrected chi connectivity index (χ0v) is 10.9. The number of benzene rings is 2. The summed E-state index contributed by atoms with van der Waals surface area (Å²) in [5.74, 6) is -0.744. The lowest BCUT2D eigenvalue weighted by Crippen LogP contribution is -2.18. The molecule has 0 fully saturated rings. The number of hydrogen-bond acceptors (Lipinski definition) is 4. The maximum atomic E-state index is 12.1. The summed E-state index contributed by atoms with van der Waals surface area (Å²) < 4.78 is 10.4. The van der Waals surface area contributed by atoms with Gasteiger partial charge in [0.05, 0.1) is 13.2 Å². The van der Waals surface area contributed by atoms with Gasteiger partial charge >= 0.3 is 5.97 Å². The van der Waals surface area contributed by atoms with E-state index in [1.54, 1.807) is 48.5 Å². The molecule has 0 N–H and O–H groups in total. The van der Waals surface area contributed by atoms with Gasteiger partial charge in [0.25, 0.3) is 0 Å². The van der Waals surface area contributed by atoms with Crippen LogP contribution in [0.15, 0.2) is 54.6 Å². The van der Waals surface area contributed by atoms with Gasteiger partial charge in [0, 0.05) is 5.56 Å². The molecular formula is C16H13NO3. The van der Waals surface area contributed by atoms with Crippen LogP contribution in [0.25, 0.3) is 0 Å². The van der Waals surface area contributed by atoms with Crippen molar-refractivity contribution in [1.82, 2.24) is 0 Å². The molecule has 1 unspecified atom stereocenters. The van der Waals surface area contributed by atoms with Crippen molar-refractivity contribution in [2.24, 2.45) is 0 Å². The second-order valence-corrected chi connectivity index (χ2v) is 4.04. The van der Waals surface area contributed by atoms with E-state index in [-0.39, 0.29) is 0 Å². The molecule has 0 spiro atoms. The lowest BCUT2D eigenvalue weighted by Gasteiger charge is -2.12. The highest BCUT2D eigenvalue weighted by Gasteiger charge is 2.25. The third kappa shape index (κ3) is 2.96. The molecule has 0 bridgehead atoms. The predicted octanol–water partition coefficient (Wildman–Crippen LogP) is 2.91. The minimum Gasteiger partial charge on any atom is -0.496 e. The SMILES string of the molecule is COc1ccccc1C(C#N)C(=O)Oc1ccccc1. The van der Waals surface area contributed by atoms with Crippen molar-refractivity contribution < 1.29 is 14.3 Å². The monoisotopic (exact) mass is 267 g/mol. The lowest BCUT2D eigenvalue weighted by molar-refractivity contribution is -0.134. The summed E-state index contributed by atoms with van der Waals surface area (Å²) in [7, 11) is 1.50. The van der Waals surface area contributed by atoms with E-state index in [0.717, 1.165) is 0 Å². The first-order valence-corrected chi connectivity index (χ1v) is 6.05. The number of rotatable bonds is 4. The van der Waals surface area contributed by atoms with Gasteiger partial charge in [0.15, 0.2) is 5.92 Å². The molecule has 100 valence electrons. The lowest BCUT2D eigenvalue weighted by atomic mass is 10.00. The van der Waals surface area contributed by atoms with E-state index >= 15 is 0 Å². The van der Waals surface area contributed by atoms with Crippen molar-refractivity contribution >= 4 is 5.97 Å². The van der Waals surface area contributed by atoms with E-state index in [1.807, 2.05) is 12.1 Å². The Hall–Kier alpha value is -2.80. The molecule has 20 heavy (non-hydrogen) atoms. The molecule has 4 heteroatoms. The number of ether oxygens (including phenoxy) is 2. The normalized spacial score (nSPS) is 11.2. The maximum absolute atomic E-state index is 12.1. The van der Waals surface area contributed by atoms with Crippen LogP contribution in [-0.2, 0) is 4.79 Å². The Labute approximate surface area is 117 Å². The van der Waals surface area contributed by atoms with Gasteiger partial charge in [-0.1, -0.05) is 36.4 Å². The first-order valence-electron chi connectivity index (χ1n) is 6.05. The average molecular weight is 267 g/mol. The molecule has 0 saturated carbocycles. The Balaban J connectivity index is 2.24. The Kier molecular flexibility index (Phi) is 4.35. The fourth-order valence-electron chi connectivity index (χ4n) is 1.82. The summed E-state index contributed by atoms with van der Waals surface area (Å²) in [6.07, 6.45) is 0. The molecule has 1 atom stereocenters. The molecule has 0 heterocycles. The fourth-order valence-corrected chi connectivity index (χ4v) is 1.82. The van der Waals surface area contributed by atoms with Crippen LogP contribution in [0.4, 0.5) is 0 Å². The van der Waals surface area contributed by atoms with E-state index in [9.17, 15) is 10.1 Å².